The maximum absolute atomic E-state index is 12.7. The zero-order valence-electron chi connectivity index (χ0n) is 14.8. The van der Waals surface area contributed by atoms with E-state index in [0.29, 0.717) is 24.7 Å². The van der Waals surface area contributed by atoms with E-state index in [0.717, 1.165) is 12.8 Å². The second kappa shape index (κ2) is 6.01. The van der Waals surface area contributed by atoms with E-state index >= 15 is 0 Å². The first kappa shape index (κ1) is 17.2. The molecule has 1 heterocycles. The van der Waals surface area contributed by atoms with Crippen LogP contribution >= 0.6 is 0 Å². The van der Waals surface area contributed by atoms with Gasteiger partial charge in [-0.05, 0) is 57.9 Å². The number of hydrogen-bond donors (Lipinski definition) is 0. The summed E-state index contributed by atoms with van der Waals surface area (Å²) in [5.74, 6) is 0.691. The Bertz CT molecular complexity index is 576. The molecule has 3 aliphatic rings. The smallest absolute Gasteiger partial charge is 0.306 e. The van der Waals surface area contributed by atoms with Crippen LogP contribution in [0.1, 0.15) is 52.9 Å². The molecule has 5 unspecified atom stereocenters. The highest BCUT2D eigenvalue weighted by molar-refractivity contribution is 5.89. The minimum Gasteiger partial charge on any atom is -0.460 e. The van der Waals surface area contributed by atoms with Crippen LogP contribution in [0.15, 0.2) is 12.7 Å². The van der Waals surface area contributed by atoms with Gasteiger partial charge in [0.1, 0.15) is 6.10 Å². The summed E-state index contributed by atoms with van der Waals surface area (Å²) in [5.41, 5.74) is -0.255. The molecule has 1 saturated heterocycles. The highest BCUT2D eigenvalue weighted by Crippen LogP contribution is 2.57. The number of ketones is 1. The van der Waals surface area contributed by atoms with Crippen molar-refractivity contribution in [2.45, 2.75) is 70.6 Å². The van der Waals surface area contributed by atoms with E-state index in [1.54, 1.807) is 0 Å². The molecule has 0 aromatic carbocycles. The van der Waals surface area contributed by atoms with Crippen LogP contribution in [-0.4, -0.2) is 40.2 Å². The molecule has 0 spiro atoms. The Morgan fingerprint density at radius 1 is 1.29 bits per heavy atom. The van der Waals surface area contributed by atoms with Crippen LogP contribution in [0.4, 0.5) is 0 Å². The molecule has 0 aromatic rings. The largest absolute Gasteiger partial charge is 0.460 e. The lowest BCUT2D eigenvalue weighted by molar-refractivity contribution is -0.157. The van der Waals surface area contributed by atoms with Crippen molar-refractivity contribution in [3.05, 3.63) is 12.7 Å². The molecule has 132 valence electrons. The number of likely N-dealkylation sites (tertiary alicyclic amines) is 1. The van der Waals surface area contributed by atoms with Gasteiger partial charge in [-0.3, -0.25) is 14.4 Å². The first-order chi connectivity index (χ1) is 11.2. The normalized spacial score (nSPS) is 33.9. The molecule has 5 nitrogen and oxygen atoms in total. The molecule has 2 aliphatic carbocycles. The molecule has 0 radical (unpaired) electrons. The second-order valence-electron chi connectivity index (χ2n) is 8.35. The fourth-order valence-electron chi connectivity index (χ4n) is 4.89. The third-order valence-electron chi connectivity index (χ3n) is 5.76. The lowest BCUT2D eigenvalue weighted by Crippen LogP contribution is -2.52. The molecular weight excluding hydrogens is 306 g/mol. The predicted molar refractivity (Wildman–Crippen MR) is 89.0 cm³/mol. The zero-order valence-corrected chi connectivity index (χ0v) is 14.8. The summed E-state index contributed by atoms with van der Waals surface area (Å²) in [6, 6.07) is 0.0278. The topological polar surface area (TPSA) is 63.7 Å². The molecule has 0 N–H and O–H groups in total. The highest BCUT2D eigenvalue weighted by Gasteiger charge is 2.66. The minimum absolute atomic E-state index is 0.0278. The standard InChI is InChI=1S/C19H27NO4/c1-5-12(21)7-6-8-15(22)24-17-11-9-13-14(10-11)18(23)20(16(13)17)19(2,3)4/h5,11,13-14,16-17H,1,6-10H2,2-4H3. The van der Waals surface area contributed by atoms with Gasteiger partial charge in [-0.15, -0.1) is 0 Å². The summed E-state index contributed by atoms with van der Waals surface area (Å²) in [6.45, 7) is 9.56. The van der Waals surface area contributed by atoms with Crippen LogP contribution in [0.25, 0.3) is 0 Å². The van der Waals surface area contributed by atoms with Crippen LogP contribution in [0.3, 0.4) is 0 Å². The molecule has 2 bridgehead atoms. The Morgan fingerprint density at radius 3 is 2.62 bits per heavy atom. The van der Waals surface area contributed by atoms with Crippen LogP contribution in [-0.2, 0) is 19.1 Å². The summed E-state index contributed by atoms with van der Waals surface area (Å²) in [4.78, 5) is 38.1. The van der Waals surface area contributed by atoms with E-state index in [2.05, 4.69) is 6.58 Å². The first-order valence-electron chi connectivity index (χ1n) is 8.92. The summed E-state index contributed by atoms with van der Waals surface area (Å²) in [7, 11) is 0. The van der Waals surface area contributed by atoms with Crippen molar-refractivity contribution in [2.24, 2.45) is 17.8 Å². The van der Waals surface area contributed by atoms with Gasteiger partial charge >= 0.3 is 5.97 Å². The summed E-state index contributed by atoms with van der Waals surface area (Å²) in [6.07, 6.45) is 3.99. The number of ether oxygens (including phenoxy) is 1. The lowest BCUT2D eigenvalue weighted by atomic mass is 9.87. The fraction of sp³-hybridized carbons (Fsp3) is 0.737. The van der Waals surface area contributed by atoms with Crippen molar-refractivity contribution in [3.8, 4) is 0 Å². The number of carbonyl (C=O) groups is 3. The first-order valence-corrected chi connectivity index (χ1v) is 8.92. The van der Waals surface area contributed by atoms with Gasteiger partial charge in [0.05, 0.1) is 6.04 Å². The van der Waals surface area contributed by atoms with Gasteiger partial charge in [0, 0.05) is 24.3 Å². The van der Waals surface area contributed by atoms with Gasteiger partial charge in [-0.1, -0.05) is 6.58 Å². The summed E-state index contributed by atoms with van der Waals surface area (Å²) >= 11 is 0. The Hall–Kier alpha value is -1.65. The Morgan fingerprint density at radius 2 is 2.00 bits per heavy atom. The highest BCUT2D eigenvalue weighted by atomic mass is 16.5. The van der Waals surface area contributed by atoms with Crippen molar-refractivity contribution in [3.63, 3.8) is 0 Å². The van der Waals surface area contributed by atoms with Crippen LogP contribution < -0.4 is 0 Å². The number of amides is 1. The van der Waals surface area contributed by atoms with Gasteiger partial charge in [-0.2, -0.15) is 0 Å². The van der Waals surface area contributed by atoms with Crippen LogP contribution in [0.2, 0.25) is 0 Å². The van der Waals surface area contributed by atoms with E-state index in [1.807, 2.05) is 25.7 Å². The van der Waals surface area contributed by atoms with Crippen molar-refractivity contribution >= 4 is 17.7 Å². The molecule has 1 amide bonds. The van der Waals surface area contributed by atoms with E-state index in [9.17, 15) is 14.4 Å². The third kappa shape index (κ3) is 2.78. The second-order valence-corrected chi connectivity index (χ2v) is 8.35. The molecule has 5 heteroatoms. The number of nitrogens with zero attached hydrogens (tertiary/aromatic N) is 1. The van der Waals surface area contributed by atoms with Crippen molar-refractivity contribution in [2.75, 3.05) is 0 Å². The third-order valence-corrected chi connectivity index (χ3v) is 5.76. The molecule has 3 rings (SSSR count). The SMILES string of the molecule is C=CC(=O)CCCC(=O)OC1C2CC3C(=O)N(C(C)(C)C)C1C3C2. The molecule has 24 heavy (non-hydrogen) atoms. The fourth-order valence-corrected chi connectivity index (χ4v) is 4.89. The number of esters is 1. The molecular formula is C19H27NO4. The molecule has 0 aromatic heterocycles. The molecule has 2 saturated carbocycles. The quantitative estimate of drug-likeness (QED) is 0.553. The van der Waals surface area contributed by atoms with E-state index in [-0.39, 0.29) is 47.7 Å². The lowest BCUT2D eigenvalue weighted by Gasteiger charge is -2.39. The number of rotatable bonds is 6. The van der Waals surface area contributed by atoms with E-state index in [4.69, 9.17) is 4.74 Å². The molecule has 1 aliphatic heterocycles. The predicted octanol–water partition coefficient (Wildman–Crippen LogP) is 2.49. The Kier molecular flexibility index (Phi) is 4.30. The van der Waals surface area contributed by atoms with Crippen molar-refractivity contribution < 1.29 is 19.1 Å². The minimum atomic E-state index is -0.255. The van der Waals surface area contributed by atoms with Gasteiger partial charge in [-0.25, -0.2) is 0 Å². The number of carbonyl (C=O) groups excluding carboxylic acids is 3. The van der Waals surface area contributed by atoms with Crippen molar-refractivity contribution in [1.82, 2.24) is 4.90 Å². The monoisotopic (exact) mass is 333 g/mol. The maximum Gasteiger partial charge on any atom is 0.306 e. The van der Waals surface area contributed by atoms with Gasteiger partial charge in [0.15, 0.2) is 5.78 Å². The molecule has 5 atom stereocenters. The average molecular weight is 333 g/mol. The average Bonchev–Trinajstić information content (AvgIpc) is 3.10. The van der Waals surface area contributed by atoms with Crippen LogP contribution in [0.5, 0.6) is 0 Å². The van der Waals surface area contributed by atoms with E-state index in [1.165, 1.54) is 6.08 Å². The number of allylic oxidation sites excluding steroid dienone is 1. The summed E-state index contributed by atoms with van der Waals surface area (Å²) in [5, 5.41) is 0. The van der Waals surface area contributed by atoms with E-state index < -0.39 is 0 Å². The van der Waals surface area contributed by atoms with Crippen LogP contribution in [0, 0.1) is 17.8 Å². The van der Waals surface area contributed by atoms with Crippen molar-refractivity contribution in [1.29, 1.82) is 0 Å². The molecule has 3 fully saturated rings. The summed E-state index contributed by atoms with van der Waals surface area (Å²) < 4.78 is 5.79. The number of hydrogen-bond acceptors (Lipinski definition) is 4. The maximum atomic E-state index is 12.7. The number of fused-ring (bicyclic) bond motifs is 1. The van der Waals surface area contributed by atoms with Gasteiger partial charge in [0.2, 0.25) is 5.91 Å². The Balaban J connectivity index is 1.64. The Labute approximate surface area is 143 Å². The van der Waals surface area contributed by atoms with Gasteiger partial charge < -0.3 is 9.64 Å². The zero-order chi connectivity index (χ0) is 17.6. The van der Waals surface area contributed by atoms with Gasteiger partial charge in [0.25, 0.3) is 0 Å².